The number of aromatic carboxylic acids is 1. The summed E-state index contributed by atoms with van der Waals surface area (Å²) in [6.07, 6.45) is 5.62. The van der Waals surface area contributed by atoms with Gasteiger partial charge in [-0.15, -0.1) is 0 Å². The van der Waals surface area contributed by atoms with Crippen LogP contribution in [0.4, 0.5) is 4.39 Å². The monoisotopic (exact) mass is 252 g/mol. The molecule has 1 aromatic rings. The largest absolute Gasteiger partial charge is 0.478 e. The number of unbranched alkanes of at least 4 members (excludes halogenated alkanes) is 3. The highest BCUT2D eigenvalue weighted by Gasteiger charge is 2.13. The number of halogens is 1. The van der Waals surface area contributed by atoms with Crippen LogP contribution in [0.3, 0.4) is 0 Å². The zero-order valence-corrected chi connectivity index (χ0v) is 11.1. The summed E-state index contributed by atoms with van der Waals surface area (Å²) in [6, 6.07) is 4.19. The van der Waals surface area contributed by atoms with Crippen LogP contribution in [0.5, 0.6) is 0 Å². The second-order valence-corrected chi connectivity index (χ2v) is 4.79. The maximum atomic E-state index is 13.8. The van der Waals surface area contributed by atoms with Crippen LogP contribution in [0, 0.1) is 5.82 Å². The van der Waals surface area contributed by atoms with Crippen LogP contribution in [0.2, 0.25) is 0 Å². The highest BCUT2D eigenvalue weighted by Crippen LogP contribution is 2.25. The number of hydrogen-bond donors (Lipinski definition) is 1. The Kier molecular flexibility index (Phi) is 5.83. The molecule has 2 nitrogen and oxygen atoms in total. The molecule has 0 spiro atoms. The van der Waals surface area contributed by atoms with Gasteiger partial charge in [-0.05, 0) is 30.0 Å². The summed E-state index contributed by atoms with van der Waals surface area (Å²) >= 11 is 0. The van der Waals surface area contributed by atoms with E-state index in [2.05, 4.69) is 6.92 Å². The number of carboxylic acids is 1. The highest BCUT2D eigenvalue weighted by atomic mass is 19.1. The molecule has 0 aliphatic rings. The van der Waals surface area contributed by atoms with Gasteiger partial charge in [0, 0.05) is 0 Å². The predicted molar refractivity (Wildman–Crippen MR) is 70.5 cm³/mol. The van der Waals surface area contributed by atoms with Crippen molar-refractivity contribution in [3.05, 3.63) is 35.1 Å². The molecule has 0 aromatic heterocycles. The van der Waals surface area contributed by atoms with E-state index in [1.165, 1.54) is 25.3 Å². The molecule has 0 heterocycles. The molecule has 0 aliphatic carbocycles. The normalized spacial score (nSPS) is 12.4. The van der Waals surface area contributed by atoms with Gasteiger partial charge in [0.15, 0.2) is 0 Å². The molecule has 1 unspecified atom stereocenters. The van der Waals surface area contributed by atoms with Gasteiger partial charge < -0.3 is 5.11 Å². The van der Waals surface area contributed by atoms with E-state index in [9.17, 15) is 9.18 Å². The van der Waals surface area contributed by atoms with Crippen LogP contribution in [-0.2, 0) is 0 Å². The molecule has 3 heteroatoms. The Bertz CT molecular complexity index is 401. The second kappa shape index (κ2) is 7.14. The predicted octanol–water partition coefficient (Wildman–Crippen LogP) is 4.60. The first-order valence-corrected chi connectivity index (χ1v) is 6.59. The van der Waals surface area contributed by atoms with Gasteiger partial charge in [-0.1, -0.05) is 45.6 Å². The molecule has 0 saturated carbocycles. The van der Waals surface area contributed by atoms with Crippen molar-refractivity contribution in [3.8, 4) is 0 Å². The molecule has 0 aliphatic heterocycles. The standard InChI is InChI=1S/C15H21FO2/c1-3-4-5-6-7-11(2)13-9-8-12(15(17)18)10-14(13)16/h8-11H,3-7H2,1-2H3,(H,17,18). The van der Waals surface area contributed by atoms with E-state index < -0.39 is 11.8 Å². The SMILES string of the molecule is CCCCCCC(C)c1ccc(C(=O)O)cc1F. The quantitative estimate of drug-likeness (QED) is 0.720. The number of carbonyl (C=O) groups is 1. The lowest BCUT2D eigenvalue weighted by Gasteiger charge is -2.13. The molecule has 0 bridgehead atoms. The van der Waals surface area contributed by atoms with Crippen molar-refractivity contribution in [2.45, 2.75) is 51.9 Å². The van der Waals surface area contributed by atoms with E-state index in [4.69, 9.17) is 5.11 Å². The minimum absolute atomic E-state index is 0.00873. The smallest absolute Gasteiger partial charge is 0.335 e. The summed E-state index contributed by atoms with van der Waals surface area (Å²) in [5.41, 5.74) is 0.630. The fraction of sp³-hybridized carbons (Fsp3) is 0.533. The lowest BCUT2D eigenvalue weighted by atomic mass is 9.93. The van der Waals surface area contributed by atoms with Crippen LogP contribution in [-0.4, -0.2) is 11.1 Å². The van der Waals surface area contributed by atoms with Gasteiger partial charge in [-0.25, -0.2) is 9.18 Å². The van der Waals surface area contributed by atoms with Crippen molar-refractivity contribution in [1.82, 2.24) is 0 Å². The maximum Gasteiger partial charge on any atom is 0.335 e. The molecule has 100 valence electrons. The number of hydrogen-bond acceptors (Lipinski definition) is 1. The van der Waals surface area contributed by atoms with Crippen molar-refractivity contribution in [2.24, 2.45) is 0 Å². The minimum Gasteiger partial charge on any atom is -0.478 e. The third-order valence-corrected chi connectivity index (χ3v) is 3.27. The van der Waals surface area contributed by atoms with Gasteiger partial charge in [0.05, 0.1) is 5.56 Å². The van der Waals surface area contributed by atoms with E-state index in [-0.39, 0.29) is 11.5 Å². The first kappa shape index (κ1) is 14.7. The van der Waals surface area contributed by atoms with E-state index >= 15 is 0 Å². The molecular weight excluding hydrogens is 231 g/mol. The molecule has 1 N–H and O–H groups in total. The summed E-state index contributed by atoms with van der Waals surface area (Å²) in [4.78, 5) is 10.7. The molecule has 1 rings (SSSR count). The Labute approximate surface area is 108 Å². The van der Waals surface area contributed by atoms with Crippen LogP contribution in [0.15, 0.2) is 18.2 Å². The minimum atomic E-state index is -1.09. The van der Waals surface area contributed by atoms with Crippen molar-refractivity contribution in [2.75, 3.05) is 0 Å². The number of carboxylic acid groups (broad SMARTS) is 1. The molecule has 0 fully saturated rings. The third-order valence-electron chi connectivity index (χ3n) is 3.27. The van der Waals surface area contributed by atoms with Gasteiger partial charge in [0.1, 0.15) is 5.82 Å². The third kappa shape index (κ3) is 4.13. The van der Waals surface area contributed by atoms with Crippen LogP contribution in [0.25, 0.3) is 0 Å². The van der Waals surface area contributed by atoms with Crippen molar-refractivity contribution in [3.63, 3.8) is 0 Å². The Hall–Kier alpha value is -1.38. The van der Waals surface area contributed by atoms with Gasteiger partial charge in [-0.3, -0.25) is 0 Å². The number of benzene rings is 1. The molecule has 0 saturated heterocycles. The van der Waals surface area contributed by atoms with Crippen molar-refractivity contribution in [1.29, 1.82) is 0 Å². The maximum absolute atomic E-state index is 13.8. The molecular formula is C15H21FO2. The average molecular weight is 252 g/mol. The zero-order valence-electron chi connectivity index (χ0n) is 11.1. The lowest BCUT2D eigenvalue weighted by Crippen LogP contribution is -2.02. The fourth-order valence-electron chi connectivity index (χ4n) is 2.09. The lowest BCUT2D eigenvalue weighted by molar-refractivity contribution is 0.0696. The Morgan fingerprint density at radius 1 is 1.33 bits per heavy atom. The average Bonchev–Trinajstić information content (AvgIpc) is 2.34. The molecule has 0 amide bonds. The van der Waals surface area contributed by atoms with Crippen molar-refractivity contribution >= 4 is 5.97 Å². The summed E-state index contributed by atoms with van der Waals surface area (Å²) in [5.74, 6) is -1.35. The van der Waals surface area contributed by atoms with E-state index in [0.29, 0.717) is 5.56 Å². The topological polar surface area (TPSA) is 37.3 Å². The molecule has 1 atom stereocenters. The van der Waals surface area contributed by atoms with E-state index in [1.54, 1.807) is 6.07 Å². The first-order chi connectivity index (χ1) is 8.56. The van der Waals surface area contributed by atoms with E-state index in [1.807, 2.05) is 6.92 Å². The van der Waals surface area contributed by atoms with Crippen LogP contribution < -0.4 is 0 Å². The number of rotatable bonds is 7. The Morgan fingerprint density at radius 3 is 2.61 bits per heavy atom. The highest BCUT2D eigenvalue weighted by molar-refractivity contribution is 5.87. The van der Waals surface area contributed by atoms with Gasteiger partial charge in [0.2, 0.25) is 0 Å². The first-order valence-electron chi connectivity index (χ1n) is 6.59. The Balaban J connectivity index is 2.62. The van der Waals surface area contributed by atoms with Crippen LogP contribution in [0.1, 0.15) is 67.8 Å². The fourth-order valence-corrected chi connectivity index (χ4v) is 2.09. The Morgan fingerprint density at radius 2 is 2.06 bits per heavy atom. The molecule has 1 aromatic carbocycles. The molecule has 18 heavy (non-hydrogen) atoms. The van der Waals surface area contributed by atoms with E-state index in [0.717, 1.165) is 18.9 Å². The van der Waals surface area contributed by atoms with Crippen LogP contribution >= 0.6 is 0 Å². The molecule has 0 radical (unpaired) electrons. The second-order valence-electron chi connectivity index (χ2n) is 4.79. The summed E-state index contributed by atoms with van der Waals surface area (Å²) in [7, 11) is 0. The summed E-state index contributed by atoms with van der Waals surface area (Å²) < 4.78 is 13.8. The summed E-state index contributed by atoms with van der Waals surface area (Å²) in [5, 5.41) is 8.77. The summed E-state index contributed by atoms with van der Waals surface area (Å²) in [6.45, 7) is 4.15. The van der Waals surface area contributed by atoms with Gasteiger partial charge >= 0.3 is 5.97 Å². The van der Waals surface area contributed by atoms with Crippen molar-refractivity contribution < 1.29 is 14.3 Å². The van der Waals surface area contributed by atoms with Gasteiger partial charge in [-0.2, -0.15) is 0 Å². The van der Waals surface area contributed by atoms with Gasteiger partial charge in [0.25, 0.3) is 0 Å². The zero-order chi connectivity index (χ0) is 13.5.